The molecule has 1 unspecified atom stereocenters. The molecule has 80 valence electrons. The van der Waals surface area contributed by atoms with Gasteiger partial charge in [0, 0.05) is 35.2 Å². The van der Waals surface area contributed by atoms with Gasteiger partial charge in [0.1, 0.15) is 0 Å². The van der Waals surface area contributed by atoms with Crippen LogP contribution in [0.1, 0.15) is 18.5 Å². The van der Waals surface area contributed by atoms with Crippen LogP contribution in [0.2, 0.25) is 0 Å². The quantitative estimate of drug-likeness (QED) is 0.890. The van der Waals surface area contributed by atoms with Gasteiger partial charge in [-0.1, -0.05) is 28.9 Å². The van der Waals surface area contributed by atoms with Gasteiger partial charge in [0.05, 0.1) is 0 Å². The maximum absolute atomic E-state index is 5.70. The second kappa shape index (κ2) is 3.99. The largest absolute Gasteiger partial charge is 0.347 e. The molecular formula is C12H15BrN2. The van der Waals surface area contributed by atoms with Crippen LogP contribution in [0.4, 0.5) is 0 Å². The smallest absolute Gasteiger partial charge is 0.0491 e. The molecule has 0 saturated carbocycles. The highest BCUT2D eigenvalue weighted by Crippen LogP contribution is 2.26. The van der Waals surface area contributed by atoms with E-state index in [2.05, 4.69) is 58.7 Å². The van der Waals surface area contributed by atoms with E-state index >= 15 is 0 Å². The van der Waals surface area contributed by atoms with E-state index in [9.17, 15) is 0 Å². The molecular weight excluding hydrogens is 252 g/mol. The summed E-state index contributed by atoms with van der Waals surface area (Å²) in [6.07, 6.45) is 0. The Bertz CT molecular complexity index is 488. The van der Waals surface area contributed by atoms with Crippen LogP contribution in [0, 0.1) is 0 Å². The third kappa shape index (κ3) is 1.82. The van der Waals surface area contributed by atoms with E-state index in [0.717, 1.165) is 4.47 Å². The molecule has 0 saturated heterocycles. The molecule has 1 atom stereocenters. The molecule has 2 N–H and O–H groups in total. The molecule has 1 heterocycles. The van der Waals surface area contributed by atoms with Crippen molar-refractivity contribution in [3.63, 3.8) is 0 Å². The average Bonchev–Trinajstić information content (AvgIpc) is 2.55. The lowest BCUT2D eigenvalue weighted by molar-refractivity contribution is 0.703. The number of hydrogen-bond donors (Lipinski definition) is 1. The van der Waals surface area contributed by atoms with Gasteiger partial charge in [-0.15, -0.1) is 0 Å². The lowest BCUT2D eigenvalue weighted by Crippen LogP contribution is -2.11. The van der Waals surface area contributed by atoms with Gasteiger partial charge >= 0.3 is 0 Å². The molecule has 3 heteroatoms. The molecule has 15 heavy (non-hydrogen) atoms. The van der Waals surface area contributed by atoms with Gasteiger partial charge in [-0.25, -0.2) is 0 Å². The first kappa shape index (κ1) is 10.7. The van der Waals surface area contributed by atoms with Crippen molar-refractivity contribution in [1.82, 2.24) is 4.57 Å². The van der Waals surface area contributed by atoms with Gasteiger partial charge in [-0.2, -0.15) is 0 Å². The summed E-state index contributed by atoms with van der Waals surface area (Å²) in [4.78, 5) is 0. The van der Waals surface area contributed by atoms with Crippen LogP contribution in [0.25, 0.3) is 10.9 Å². The van der Waals surface area contributed by atoms with E-state index in [-0.39, 0.29) is 0 Å². The Kier molecular flexibility index (Phi) is 2.85. The van der Waals surface area contributed by atoms with Crippen molar-refractivity contribution in [2.45, 2.75) is 12.8 Å². The first-order valence-corrected chi connectivity index (χ1v) is 5.87. The van der Waals surface area contributed by atoms with Crippen molar-refractivity contribution in [3.8, 4) is 0 Å². The Hall–Kier alpha value is -0.800. The standard InChI is InChI=1S/C12H15BrN2/c1-8(7-14)11-5-9-3-4-10(13)6-12(9)15(11)2/h3-6,8H,7,14H2,1-2H3. The fourth-order valence-electron chi connectivity index (χ4n) is 1.92. The maximum atomic E-state index is 5.70. The van der Waals surface area contributed by atoms with Crippen LogP contribution in [0.15, 0.2) is 28.7 Å². The second-order valence-electron chi connectivity index (χ2n) is 3.97. The Labute approximate surface area is 98.2 Å². The molecule has 2 nitrogen and oxygen atoms in total. The molecule has 0 spiro atoms. The van der Waals surface area contributed by atoms with Gasteiger partial charge in [0.25, 0.3) is 0 Å². The molecule has 0 bridgehead atoms. The topological polar surface area (TPSA) is 30.9 Å². The summed E-state index contributed by atoms with van der Waals surface area (Å²) < 4.78 is 3.33. The number of nitrogens with zero attached hydrogens (tertiary/aromatic N) is 1. The zero-order valence-corrected chi connectivity index (χ0v) is 10.6. The molecule has 0 amide bonds. The zero-order chi connectivity index (χ0) is 11.0. The van der Waals surface area contributed by atoms with Gasteiger partial charge in [0.2, 0.25) is 0 Å². The molecule has 2 rings (SSSR count). The maximum Gasteiger partial charge on any atom is 0.0491 e. The minimum absolute atomic E-state index is 0.404. The molecule has 1 aromatic heterocycles. The average molecular weight is 267 g/mol. The molecule has 0 aliphatic rings. The third-order valence-electron chi connectivity index (χ3n) is 2.90. The second-order valence-corrected chi connectivity index (χ2v) is 4.88. The predicted octanol–water partition coefficient (Wildman–Crippen LogP) is 3.00. The first-order valence-electron chi connectivity index (χ1n) is 5.08. The lowest BCUT2D eigenvalue weighted by atomic mass is 10.1. The Morgan fingerprint density at radius 1 is 1.40 bits per heavy atom. The van der Waals surface area contributed by atoms with Crippen molar-refractivity contribution >= 4 is 26.8 Å². The molecule has 0 fully saturated rings. The van der Waals surface area contributed by atoms with Crippen LogP contribution in [-0.2, 0) is 7.05 Å². The zero-order valence-electron chi connectivity index (χ0n) is 9.00. The van der Waals surface area contributed by atoms with Gasteiger partial charge in [0.15, 0.2) is 0 Å². The Morgan fingerprint density at radius 3 is 2.80 bits per heavy atom. The number of hydrogen-bond acceptors (Lipinski definition) is 1. The van der Waals surface area contributed by atoms with E-state index in [0.29, 0.717) is 12.5 Å². The third-order valence-corrected chi connectivity index (χ3v) is 3.40. The van der Waals surface area contributed by atoms with Gasteiger partial charge in [-0.3, -0.25) is 0 Å². The van der Waals surface area contributed by atoms with Gasteiger partial charge in [-0.05, 0) is 23.6 Å². The normalized spacial score (nSPS) is 13.3. The fraction of sp³-hybridized carbons (Fsp3) is 0.333. The van der Waals surface area contributed by atoms with E-state index in [1.54, 1.807) is 0 Å². The summed E-state index contributed by atoms with van der Waals surface area (Å²) in [6.45, 7) is 2.84. The molecule has 0 aliphatic heterocycles. The number of nitrogens with two attached hydrogens (primary N) is 1. The molecule has 0 radical (unpaired) electrons. The van der Waals surface area contributed by atoms with E-state index in [4.69, 9.17) is 5.73 Å². The number of aryl methyl sites for hydroxylation is 1. The van der Waals surface area contributed by atoms with Gasteiger partial charge < -0.3 is 10.3 Å². The van der Waals surface area contributed by atoms with E-state index < -0.39 is 0 Å². The van der Waals surface area contributed by atoms with Crippen LogP contribution in [0.3, 0.4) is 0 Å². The van der Waals surface area contributed by atoms with Crippen molar-refractivity contribution < 1.29 is 0 Å². The summed E-state index contributed by atoms with van der Waals surface area (Å²) in [7, 11) is 2.09. The number of fused-ring (bicyclic) bond motifs is 1. The number of rotatable bonds is 2. The molecule has 0 aliphatic carbocycles. The van der Waals surface area contributed by atoms with E-state index in [1.807, 2.05) is 0 Å². The van der Waals surface area contributed by atoms with Crippen molar-refractivity contribution in [3.05, 3.63) is 34.4 Å². The summed E-state index contributed by atoms with van der Waals surface area (Å²) in [6, 6.07) is 8.56. The SMILES string of the molecule is CC(CN)c1cc2ccc(Br)cc2n1C. The Morgan fingerprint density at radius 2 is 2.13 bits per heavy atom. The Balaban J connectivity index is 2.64. The first-order chi connectivity index (χ1) is 7.13. The summed E-state index contributed by atoms with van der Waals surface area (Å²) >= 11 is 3.49. The minimum atomic E-state index is 0.404. The highest BCUT2D eigenvalue weighted by Gasteiger charge is 2.10. The monoisotopic (exact) mass is 266 g/mol. The highest BCUT2D eigenvalue weighted by molar-refractivity contribution is 9.10. The predicted molar refractivity (Wildman–Crippen MR) is 68.1 cm³/mol. The molecule has 2 aromatic rings. The number of halogens is 1. The van der Waals surface area contributed by atoms with Crippen molar-refractivity contribution in [2.75, 3.05) is 6.54 Å². The van der Waals surface area contributed by atoms with E-state index in [1.165, 1.54) is 16.6 Å². The highest BCUT2D eigenvalue weighted by atomic mass is 79.9. The summed E-state index contributed by atoms with van der Waals surface area (Å²) in [5, 5.41) is 1.27. The van der Waals surface area contributed by atoms with Crippen LogP contribution >= 0.6 is 15.9 Å². The van der Waals surface area contributed by atoms with Crippen LogP contribution in [0.5, 0.6) is 0 Å². The number of aromatic nitrogens is 1. The van der Waals surface area contributed by atoms with Crippen molar-refractivity contribution in [1.29, 1.82) is 0 Å². The van der Waals surface area contributed by atoms with Crippen LogP contribution in [-0.4, -0.2) is 11.1 Å². The summed E-state index contributed by atoms with van der Waals surface area (Å²) in [5.74, 6) is 0.404. The number of benzene rings is 1. The molecule has 1 aromatic carbocycles. The van der Waals surface area contributed by atoms with Crippen molar-refractivity contribution in [2.24, 2.45) is 12.8 Å². The fourth-order valence-corrected chi connectivity index (χ4v) is 2.27. The minimum Gasteiger partial charge on any atom is -0.347 e. The van der Waals surface area contributed by atoms with Crippen LogP contribution < -0.4 is 5.73 Å². The summed E-state index contributed by atoms with van der Waals surface area (Å²) in [5.41, 5.74) is 8.25. The lowest BCUT2D eigenvalue weighted by Gasteiger charge is -2.10.